The van der Waals surface area contributed by atoms with E-state index in [9.17, 15) is 9.59 Å². The lowest BCUT2D eigenvalue weighted by Crippen LogP contribution is -2.69. The zero-order valence-electron chi connectivity index (χ0n) is 15.4. The van der Waals surface area contributed by atoms with Crippen LogP contribution in [0.2, 0.25) is 0 Å². The third kappa shape index (κ3) is 4.33. The Balaban J connectivity index is 0.000000516. The van der Waals surface area contributed by atoms with E-state index in [0.717, 1.165) is 24.7 Å². The summed E-state index contributed by atoms with van der Waals surface area (Å²) in [7, 11) is 0. The van der Waals surface area contributed by atoms with Gasteiger partial charge in [0.1, 0.15) is 18.4 Å². The molecule has 0 aliphatic carbocycles. The maximum atomic E-state index is 12.2. The summed E-state index contributed by atoms with van der Waals surface area (Å²) >= 11 is 0. The van der Waals surface area contributed by atoms with Gasteiger partial charge in [0.25, 0.3) is 5.97 Å². The Bertz CT molecular complexity index is 816. The molecule has 3 heterocycles. The van der Waals surface area contributed by atoms with Gasteiger partial charge in [-0.25, -0.2) is 4.79 Å². The van der Waals surface area contributed by atoms with Gasteiger partial charge in [0.05, 0.1) is 18.3 Å². The van der Waals surface area contributed by atoms with Crippen LogP contribution in [0.1, 0.15) is 30.7 Å². The highest BCUT2D eigenvalue weighted by atomic mass is 16.6. The fourth-order valence-electron chi connectivity index (χ4n) is 3.41. The van der Waals surface area contributed by atoms with Crippen LogP contribution < -0.4 is 5.32 Å². The fraction of sp³-hybridized carbons (Fsp3) is 0.350. The molecule has 2 aliphatic heterocycles. The van der Waals surface area contributed by atoms with Crippen molar-refractivity contribution < 1.29 is 28.6 Å². The lowest BCUT2D eigenvalue weighted by atomic mass is 9.90. The fourth-order valence-corrected chi connectivity index (χ4v) is 3.41. The van der Waals surface area contributed by atoms with Crippen LogP contribution in [-0.4, -0.2) is 46.7 Å². The first-order valence-electron chi connectivity index (χ1n) is 8.99. The van der Waals surface area contributed by atoms with Crippen molar-refractivity contribution in [3.8, 4) is 0 Å². The van der Waals surface area contributed by atoms with E-state index in [1.54, 1.807) is 11.2 Å². The molecule has 2 fully saturated rings. The Hall–Kier alpha value is -3.29. The van der Waals surface area contributed by atoms with Crippen molar-refractivity contribution in [1.29, 1.82) is 0 Å². The Kier molecular flexibility index (Phi) is 5.98. The van der Waals surface area contributed by atoms with Crippen molar-refractivity contribution in [2.75, 3.05) is 6.61 Å². The SMILES string of the molecule is CC(=O)O.O=C1NC(CCc2ccco2)C1N1C(=O)OC[C@@H]1c1ccccc1. The van der Waals surface area contributed by atoms with Crippen LogP contribution >= 0.6 is 0 Å². The molecule has 2 N–H and O–H groups in total. The Morgan fingerprint density at radius 2 is 1.93 bits per heavy atom. The molecule has 0 bridgehead atoms. The van der Waals surface area contributed by atoms with Gasteiger partial charge in [-0.15, -0.1) is 0 Å². The van der Waals surface area contributed by atoms with Crippen molar-refractivity contribution in [2.24, 2.45) is 0 Å². The lowest BCUT2D eigenvalue weighted by Gasteiger charge is -2.43. The average Bonchev–Trinajstić information content (AvgIpc) is 3.29. The molecule has 8 heteroatoms. The van der Waals surface area contributed by atoms with E-state index >= 15 is 0 Å². The second kappa shape index (κ2) is 8.60. The summed E-state index contributed by atoms with van der Waals surface area (Å²) in [6, 6.07) is 12.6. The van der Waals surface area contributed by atoms with Gasteiger partial charge in [0.2, 0.25) is 5.91 Å². The van der Waals surface area contributed by atoms with Gasteiger partial charge in [0, 0.05) is 13.3 Å². The van der Waals surface area contributed by atoms with Gasteiger partial charge in [-0.3, -0.25) is 14.5 Å². The van der Waals surface area contributed by atoms with Gasteiger partial charge in [-0.05, 0) is 24.1 Å². The minimum atomic E-state index is -0.833. The number of benzene rings is 1. The molecule has 8 nitrogen and oxygen atoms in total. The molecule has 2 aliphatic rings. The minimum Gasteiger partial charge on any atom is -0.481 e. The van der Waals surface area contributed by atoms with Crippen molar-refractivity contribution in [3.63, 3.8) is 0 Å². The normalized spacial score (nSPS) is 23.2. The zero-order chi connectivity index (χ0) is 20.1. The van der Waals surface area contributed by atoms with Crippen LogP contribution in [0.4, 0.5) is 4.79 Å². The van der Waals surface area contributed by atoms with E-state index in [1.807, 2.05) is 42.5 Å². The quantitative estimate of drug-likeness (QED) is 0.764. The molecule has 3 atom stereocenters. The highest BCUT2D eigenvalue weighted by molar-refractivity contribution is 5.92. The third-order valence-electron chi connectivity index (χ3n) is 4.65. The van der Waals surface area contributed by atoms with Crippen molar-refractivity contribution in [1.82, 2.24) is 10.2 Å². The summed E-state index contributed by atoms with van der Waals surface area (Å²) in [5, 5.41) is 10.3. The van der Waals surface area contributed by atoms with Crippen molar-refractivity contribution in [2.45, 2.75) is 37.9 Å². The highest BCUT2D eigenvalue weighted by Crippen LogP contribution is 2.33. The molecule has 2 aromatic rings. The number of rotatable bonds is 5. The van der Waals surface area contributed by atoms with Crippen LogP contribution in [-0.2, 0) is 20.7 Å². The summed E-state index contributed by atoms with van der Waals surface area (Å²) in [6.07, 6.45) is 2.64. The standard InChI is InChI=1S/C18H18N2O4.C2H4O2/c21-17-16(14(19-17)9-8-13-7-4-10-23-13)20-15(11-24-18(20)22)12-5-2-1-3-6-12;1-2(3)4/h1-7,10,14-16H,8-9,11H2,(H,19,21);1H3,(H,3,4)/t14?,15-,16?;/m1./s1. The number of hydrogen-bond donors (Lipinski definition) is 2. The van der Waals surface area contributed by atoms with Crippen LogP contribution in [0.3, 0.4) is 0 Å². The number of carbonyl (C=O) groups is 3. The molecule has 1 aromatic heterocycles. The Morgan fingerprint density at radius 1 is 1.21 bits per heavy atom. The maximum absolute atomic E-state index is 12.2. The third-order valence-corrected chi connectivity index (χ3v) is 4.65. The number of furan rings is 1. The number of nitrogens with zero attached hydrogens (tertiary/aromatic N) is 1. The molecular weight excluding hydrogens is 364 g/mol. The first-order valence-corrected chi connectivity index (χ1v) is 8.99. The van der Waals surface area contributed by atoms with Crippen LogP contribution in [0.15, 0.2) is 53.1 Å². The molecule has 0 spiro atoms. The van der Waals surface area contributed by atoms with Gasteiger partial charge >= 0.3 is 6.09 Å². The van der Waals surface area contributed by atoms with E-state index in [0.29, 0.717) is 6.42 Å². The zero-order valence-corrected chi connectivity index (χ0v) is 15.4. The molecule has 0 radical (unpaired) electrons. The first-order chi connectivity index (χ1) is 13.5. The number of nitrogens with one attached hydrogen (secondary N) is 1. The summed E-state index contributed by atoms with van der Waals surface area (Å²) < 4.78 is 10.6. The first kappa shape index (κ1) is 19.5. The number of amides is 2. The number of aryl methyl sites for hydroxylation is 1. The van der Waals surface area contributed by atoms with Crippen molar-refractivity contribution in [3.05, 3.63) is 60.1 Å². The Morgan fingerprint density at radius 3 is 2.54 bits per heavy atom. The highest BCUT2D eigenvalue weighted by Gasteiger charge is 2.51. The van der Waals surface area contributed by atoms with E-state index in [-0.39, 0.29) is 24.6 Å². The minimum absolute atomic E-state index is 0.0838. The molecule has 0 saturated carbocycles. The molecule has 148 valence electrons. The predicted molar refractivity (Wildman–Crippen MR) is 98.4 cm³/mol. The van der Waals surface area contributed by atoms with Crippen LogP contribution in [0.25, 0.3) is 0 Å². The number of cyclic esters (lactones) is 1. The monoisotopic (exact) mass is 386 g/mol. The number of β-lactam (4-membered cyclic amide) rings is 1. The number of ether oxygens (including phenoxy) is 1. The van der Waals surface area contributed by atoms with Gasteiger partial charge in [-0.1, -0.05) is 30.3 Å². The second-order valence-corrected chi connectivity index (χ2v) is 6.61. The molecule has 1 aromatic carbocycles. The molecule has 2 unspecified atom stereocenters. The number of carboxylic acids is 1. The second-order valence-electron chi connectivity index (χ2n) is 6.61. The van der Waals surface area contributed by atoms with Gasteiger partial charge < -0.3 is 19.6 Å². The van der Waals surface area contributed by atoms with E-state index in [1.165, 1.54) is 0 Å². The molecule has 28 heavy (non-hydrogen) atoms. The number of carbonyl (C=O) groups excluding carboxylic acids is 2. The summed E-state index contributed by atoms with van der Waals surface area (Å²) in [4.78, 5) is 34.9. The van der Waals surface area contributed by atoms with Crippen LogP contribution in [0.5, 0.6) is 0 Å². The smallest absolute Gasteiger partial charge is 0.411 e. The summed E-state index contributed by atoms with van der Waals surface area (Å²) in [6.45, 7) is 1.36. The molecule has 2 amide bonds. The van der Waals surface area contributed by atoms with Crippen molar-refractivity contribution >= 4 is 18.0 Å². The summed E-state index contributed by atoms with van der Waals surface area (Å²) in [5.41, 5.74) is 0.979. The molecular formula is C20H22N2O6. The van der Waals surface area contributed by atoms with E-state index in [2.05, 4.69) is 5.32 Å². The molecule has 2 saturated heterocycles. The Labute approximate surface area is 162 Å². The number of carboxylic acid groups (broad SMARTS) is 1. The van der Waals surface area contributed by atoms with E-state index < -0.39 is 18.1 Å². The number of hydrogen-bond acceptors (Lipinski definition) is 5. The van der Waals surface area contributed by atoms with Crippen LogP contribution in [0, 0.1) is 0 Å². The average molecular weight is 386 g/mol. The topological polar surface area (TPSA) is 109 Å². The van der Waals surface area contributed by atoms with Gasteiger partial charge in [0.15, 0.2) is 0 Å². The van der Waals surface area contributed by atoms with E-state index in [4.69, 9.17) is 19.1 Å². The predicted octanol–water partition coefficient (Wildman–Crippen LogP) is 2.36. The number of aliphatic carboxylic acids is 1. The maximum Gasteiger partial charge on any atom is 0.411 e. The lowest BCUT2D eigenvalue weighted by molar-refractivity contribution is -0.137. The largest absolute Gasteiger partial charge is 0.481 e. The summed E-state index contributed by atoms with van der Waals surface area (Å²) in [5.74, 6) is -0.0854. The molecule has 4 rings (SSSR count). The van der Waals surface area contributed by atoms with Gasteiger partial charge in [-0.2, -0.15) is 0 Å².